The van der Waals surface area contributed by atoms with Gasteiger partial charge < -0.3 is 20.3 Å². The van der Waals surface area contributed by atoms with Gasteiger partial charge in [0.25, 0.3) is 5.91 Å². The predicted molar refractivity (Wildman–Crippen MR) is 126 cm³/mol. The fourth-order valence-corrected chi connectivity index (χ4v) is 2.89. The number of nitrogens with zero attached hydrogens (tertiary/aromatic N) is 2. The van der Waals surface area contributed by atoms with Crippen LogP contribution < -0.4 is 10.6 Å². The van der Waals surface area contributed by atoms with E-state index in [0.29, 0.717) is 0 Å². The van der Waals surface area contributed by atoms with Crippen LogP contribution in [-0.2, 0) is 11.2 Å². The molecule has 0 atom stereocenters. The molecule has 7 heteroatoms. The van der Waals surface area contributed by atoms with Crippen molar-refractivity contribution in [3.8, 4) is 0 Å². The highest BCUT2D eigenvalue weighted by molar-refractivity contribution is 14.0. The Labute approximate surface area is 185 Å². The molecule has 0 unspecified atom stereocenters. The number of nitrogens with one attached hydrogen (secondary N) is 2. The summed E-state index contributed by atoms with van der Waals surface area (Å²) in [6, 6.07) is 7.81. The summed E-state index contributed by atoms with van der Waals surface area (Å²) in [6.45, 7) is 5.98. The third kappa shape index (κ3) is 8.60. The Morgan fingerprint density at radius 2 is 2.07 bits per heavy atom. The molecule has 0 saturated carbocycles. The summed E-state index contributed by atoms with van der Waals surface area (Å²) >= 11 is 0. The summed E-state index contributed by atoms with van der Waals surface area (Å²) in [4.78, 5) is 18.3. The Balaban J connectivity index is 0.00000392. The number of hydrogen-bond acceptors (Lipinski definition) is 3. The molecule has 1 aromatic carbocycles. The molecule has 0 aliphatic carbocycles. The minimum absolute atomic E-state index is 0. The number of hydrogen-bond donors (Lipinski definition) is 2. The molecule has 1 amide bonds. The second-order valence-electron chi connectivity index (χ2n) is 6.77. The molecule has 156 valence electrons. The molecule has 1 heterocycles. The van der Waals surface area contributed by atoms with Gasteiger partial charge >= 0.3 is 0 Å². The van der Waals surface area contributed by atoms with Gasteiger partial charge in [-0.25, -0.2) is 0 Å². The molecule has 0 aromatic heterocycles. The Hall–Kier alpha value is -1.61. The van der Waals surface area contributed by atoms with Crippen molar-refractivity contribution in [3.63, 3.8) is 0 Å². The minimum atomic E-state index is 0. The standard InChI is InChI=1S/C21H32N4O2.HI/c1-4-22-21(23-12-8-17-10-14-27-15-11-17)24-13-9-18-6-5-7-19(16-18)20(26)25(2)3;/h5-7,10,16H,4,8-9,11-15H2,1-3H3,(H2,22,23,24);1H. The van der Waals surface area contributed by atoms with Crippen molar-refractivity contribution < 1.29 is 9.53 Å². The second-order valence-corrected chi connectivity index (χ2v) is 6.77. The van der Waals surface area contributed by atoms with Crippen molar-refractivity contribution in [2.24, 2.45) is 4.99 Å². The van der Waals surface area contributed by atoms with E-state index in [1.54, 1.807) is 19.0 Å². The molecule has 28 heavy (non-hydrogen) atoms. The van der Waals surface area contributed by atoms with Crippen LogP contribution in [0.2, 0.25) is 0 Å². The van der Waals surface area contributed by atoms with Crippen LogP contribution in [0.15, 0.2) is 40.9 Å². The van der Waals surface area contributed by atoms with Gasteiger partial charge in [-0.1, -0.05) is 23.8 Å². The number of carbonyl (C=O) groups is 1. The highest BCUT2D eigenvalue weighted by Gasteiger charge is 2.08. The molecule has 0 bridgehead atoms. The van der Waals surface area contributed by atoms with Crippen molar-refractivity contribution in [3.05, 3.63) is 47.0 Å². The van der Waals surface area contributed by atoms with Crippen LogP contribution in [0.4, 0.5) is 0 Å². The van der Waals surface area contributed by atoms with E-state index in [-0.39, 0.29) is 29.9 Å². The Bertz CT molecular complexity index is 674. The third-order valence-corrected chi connectivity index (χ3v) is 4.39. The number of carbonyl (C=O) groups excluding carboxylic acids is 1. The molecule has 0 radical (unpaired) electrons. The van der Waals surface area contributed by atoms with Gasteiger partial charge in [-0.05, 0) is 43.9 Å². The number of amides is 1. The fourth-order valence-electron chi connectivity index (χ4n) is 2.89. The van der Waals surface area contributed by atoms with Crippen molar-refractivity contribution in [2.45, 2.75) is 26.2 Å². The van der Waals surface area contributed by atoms with E-state index in [4.69, 9.17) is 4.74 Å². The predicted octanol–water partition coefficient (Wildman–Crippen LogP) is 2.84. The first kappa shape index (κ1) is 24.4. The normalized spacial score (nSPS) is 14.0. The van der Waals surface area contributed by atoms with Gasteiger partial charge in [0.05, 0.1) is 13.2 Å². The molecule has 1 aliphatic rings. The van der Waals surface area contributed by atoms with Gasteiger partial charge in [-0.15, -0.1) is 24.0 Å². The van der Waals surface area contributed by atoms with E-state index >= 15 is 0 Å². The monoisotopic (exact) mass is 500 g/mol. The van der Waals surface area contributed by atoms with E-state index in [2.05, 4.69) is 34.7 Å². The highest BCUT2D eigenvalue weighted by atomic mass is 127. The average molecular weight is 500 g/mol. The lowest BCUT2D eigenvalue weighted by Gasteiger charge is -2.14. The van der Waals surface area contributed by atoms with E-state index in [0.717, 1.165) is 69.2 Å². The van der Waals surface area contributed by atoms with Gasteiger partial charge in [0.15, 0.2) is 5.96 Å². The summed E-state index contributed by atoms with van der Waals surface area (Å²) in [5.74, 6) is 0.868. The lowest BCUT2D eigenvalue weighted by atomic mass is 10.1. The van der Waals surface area contributed by atoms with Crippen LogP contribution in [-0.4, -0.2) is 63.7 Å². The van der Waals surface area contributed by atoms with Gasteiger partial charge in [0, 0.05) is 39.3 Å². The van der Waals surface area contributed by atoms with Crippen LogP contribution in [0.25, 0.3) is 0 Å². The maximum absolute atomic E-state index is 12.1. The molecule has 0 saturated heterocycles. The van der Waals surface area contributed by atoms with Gasteiger partial charge in [0.2, 0.25) is 0 Å². The maximum atomic E-state index is 12.1. The van der Waals surface area contributed by atoms with Crippen LogP contribution in [0.3, 0.4) is 0 Å². The maximum Gasteiger partial charge on any atom is 0.253 e. The summed E-state index contributed by atoms with van der Waals surface area (Å²) in [5, 5.41) is 6.66. The number of guanidine groups is 1. The molecule has 6 nitrogen and oxygen atoms in total. The molecular weight excluding hydrogens is 467 g/mol. The molecule has 1 aliphatic heterocycles. The Kier molecular flexibility index (Phi) is 11.8. The molecule has 0 fully saturated rings. The first-order valence-electron chi connectivity index (χ1n) is 9.68. The Morgan fingerprint density at radius 3 is 2.75 bits per heavy atom. The number of rotatable bonds is 8. The molecule has 0 spiro atoms. The van der Waals surface area contributed by atoms with E-state index in [9.17, 15) is 4.79 Å². The quantitative estimate of drug-likeness (QED) is 0.250. The minimum Gasteiger partial charge on any atom is -0.377 e. The van der Waals surface area contributed by atoms with Crippen molar-refractivity contribution in [2.75, 3.05) is 46.9 Å². The van der Waals surface area contributed by atoms with Gasteiger partial charge in [-0.3, -0.25) is 9.79 Å². The SMILES string of the molecule is CCNC(=NCCC1=CCOCC1)NCCc1cccc(C(=O)N(C)C)c1.I. The first-order chi connectivity index (χ1) is 13.1. The summed E-state index contributed by atoms with van der Waals surface area (Å²) < 4.78 is 5.34. The smallest absolute Gasteiger partial charge is 0.253 e. The fraction of sp³-hybridized carbons (Fsp3) is 0.524. The highest BCUT2D eigenvalue weighted by Crippen LogP contribution is 2.11. The van der Waals surface area contributed by atoms with Gasteiger partial charge in [-0.2, -0.15) is 0 Å². The van der Waals surface area contributed by atoms with Crippen molar-refractivity contribution in [1.82, 2.24) is 15.5 Å². The number of aliphatic imine (C=N–C) groups is 1. The van der Waals surface area contributed by atoms with Crippen molar-refractivity contribution in [1.29, 1.82) is 0 Å². The van der Waals surface area contributed by atoms with E-state index in [1.807, 2.05) is 18.2 Å². The largest absolute Gasteiger partial charge is 0.377 e. The lowest BCUT2D eigenvalue weighted by Crippen LogP contribution is -2.38. The molecule has 1 aromatic rings. The van der Waals surface area contributed by atoms with Crippen LogP contribution in [0.5, 0.6) is 0 Å². The second kappa shape index (κ2) is 13.5. The summed E-state index contributed by atoms with van der Waals surface area (Å²) in [6.07, 6.45) is 5.00. The third-order valence-electron chi connectivity index (χ3n) is 4.39. The Morgan fingerprint density at radius 1 is 1.25 bits per heavy atom. The molecular formula is C21H33IN4O2. The van der Waals surface area contributed by atoms with Crippen LogP contribution in [0.1, 0.15) is 35.7 Å². The average Bonchev–Trinajstić information content (AvgIpc) is 2.68. The zero-order valence-corrected chi connectivity index (χ0v) is 19.5. The molecule has 2 N–H and O–H groups in total. The number of benzene rings is 1. The van der Waals surface area contributed by atoms with Crippen LogP contribution in [0, 0.1) is 0 Å². The zero-order valence-electron chi connectivity index (χ0n) is 17.2. The van der Waals surface area contributed by atoms with Crippen LogP contribution >= 0.6 is 24.0 Å². The first-order valence-corrected chi connectivity index (χ1v) is 9.68. The van der Waals surface area contributed by atoms with E-state index in [1.165, 1.54) is 5.57 Å². The zero-order chi connectivity index (χ0) is 19.5. The topological polar surface area (TPSA) is 66.0 Å². The van der Waals surface area contributed by atoms with Crippen molar-refractivity contribution >= 4 is 35.8 Å². The lowest BCUT2D eigenvalue weighted by molar-refractivity contribution is 0.0827. The number of ether oxygens (including phenoxy) is 1. The summed E-state index contributed by atoms with van der Waals surface area (Å²) in [7, 11) is 3.54. The van der Waals surface area contributed by atoms with Gasteiger partial charge in [0.1, 0.15) is 0 Å². The molecule has 2 rings (SSSR count). The number of halogens is 1. The summed E-state index contributed by atoms with van der Waals surface area (Å²) in [5.41, 5.74) is 3.30. The van der Waals surface area contributed by atoms with E-state index < -0.39 is 0 Å².